The summed E-state index contributed by atoms with van der Waals surface area (Å²) >= 11 is 0. The molecular weight excluding hydrogens is 296 g/mol. The molecule has 0 radical (unpaired) electrons. The van der Waals surface area contributed by atoms with E-state index in [0.717, 1.165) is 31.9 Å². The number of rotatable bonds is 10. The van der Waals surface area contributed by atoms with Crippen molar-refractivity contribution in [2.75, 3.05) is 19.8 Å². The molecule has 1 atom stereocenters. The Morgan fingerprint density at radius 3 is 1.76 bits per heavy atom. The summed E-state index contributed by atoms with van der Waals surface area (Å²) < 4.78 is 18.1. The molecule has 0 aliphatic heterocycles. The molecule has 1 rings (SSSR count). The molecule has 0 bridgehead atoms. The van der Waals surface area contributed by atoms with E-state index in [1.165, 1.54) is 5.19 Å². The third kappa shape index (κ3) is 5.67. The lowest BCUT2D eigenvalue weighted by Crippen LogP contribution is -2.50. The Kier molecular flexibility index (Phi) is 7.83. The maximum Gasteiger partial charge on any atom is 0.334 e. The fraction of sp³-hybridized carbons (Fsp3) is 0.625. The molecule has 0 saturated carbocycles. The largest absolute Gasteiger partial charge is 0.413 e. The van der Waals surface area contributed by atoms with E-state index in [1.807, 2.05) is 13.8 Å². The van der Waals surface area contributed by atoms with Gasteiger partial charge in [0.2, 0.25) is 8.32 Å². The van der Waals surface area contributed by atoms with Crippen LogP contribution in [0.2, 0.25) is 25.2 Å². The fourth-order valence-corrected chi connectivity index (χ4v) is 10.1. The summed E-state index contributed by atoms with van der Waals surface area (Å²) in [5.74, 6) is 0. The smallest absolute Gasteiger partial charge is 0.334 e. The van der Waals surface area contributed by atoms with Gasteiger partial charge in [-0.05, 0) is 51.1 Å². The van der Waals surface area contributed by atoms with Crippen molar-refractivity contribution in [1.29, 1.82) is 0 Å². The molecule has 5 heteroatoms. The third-order valence-electron chi connectivity index (χ3n) is 3.80. The minimum Gasteiger partial charge on any atom is -0.413 e. The van der Waals surface area contributed by atoms with Gasteiger partial charge in [-0.3, -0.25) is 0 Å². The first-order valence-corrected chi connectivity index (χ1v) is 13.1. The quantitative estimate of drug-likeness (QED) is 0.614. The highest BCUT2D eigenvalue weighted by Crippen LogP contribution is 2.23. The van der Waals surface area contributed by atoms with Gasteiger partial charge < -0.3 is 13.3 Å². The second-order valence-corrected chi connectivity index (χ2v) is 12.7. The highest BCUT2D eigenvalue weighted by atomic mass is 28.4. The van der Waals surface area contributed by atoms with E-state index in [-0.39, 0.29) is 0 Å². The molecule has 0 fully saturated rings. The predicted molar refractivity (Wildman–Crippen MR) is 93.8 cm³/mol. The average molecular weight is 327 g/mol. The summed E-state index contributed by atoms with van der Waals surface area (Å²) in [6, 6.07) is 12.7. The summed E-state index contributed by atoms with van der Waals surface area (Å²) in [6.07, 6.45) is 0. The van der Waals surface area contributed by atoms with Crippen LogP contribution in [0.5, 0.6) is 0 Å². The molecule has 120 valence electrons. The Balaban J connectivity index is 2.83. The standard InChI is InChI=1S/C16H30O3Si2/c1-6-17-20(4,16-12-10-9-11-13-16)14-15-21(5,18-7-2)19-8-3/h9-13H,6-8,14-15H2,1-5H3. The Labute approximate surface area is 132 Å². The number of benzene rings is 1. The Hall–Kier alpha value is -0.466. The van der Waals surface area contributed by atoms with Crippen LogP contribution in [0.15, 0.2) is 30.3 Å². The van der Waals surface area contributed by atoms with Crippen LogP contribution in [0.25, 0.3) is 0 Å². The van der Waals surface area contributed by atoms with E-state index in [2.05, 4.69) is 50.3 Å². The average Bonchev–Trinajstić information content (AvgIpc) is 2.47. The van der Waals surface area contributed by atoms with Gasteiger partial charge in [-0.2, -0.15) is 0 Å². The lowest BCUT2D eigenvalue weighted by molar-refractivity contribution is 0.189. The van der Waals surface area contributed by atoms with Crippen LogP contribution in [0, 0.1) is 0 Å². The van der Waals surface area contributed by atoms with Crippen LogP contribution < -0.4 is 5.19 Å². The molecule has 1 aromatic carbocycles. The van der Waals surface area contributed by atoms with Crippen molar-refractivity contribution in [3.63, 3.8) is 0 Å². The maximum absolute atomic E-state index is 6.22. The van der Waals surface area contributed by atoms with Crippen molar-refractivity contribution >= 4 is 22.1 Å². The van der Waals surface area contributed by atoms with Crippen LogP contribution in [0.4, 0.5) is 0 Å². The van der Waals surface area contributed by atoms with Crippen molar-refractivity contribution in [2.24, 2.45) is 0 Å². The molecule has 1 aromatic rings. The van der Waals surface area contributed by atoms with Gasteiger partial charge in [0.25, 0.3) is 0 Å². The third-order valence-corrected chi connectivity index (χ3v) is 10.9. The van der Waals surface area contributed by atoms with Gasteiger partial charge in [0.15, 0.2) is 0 Å². The summed E-state index contributed by atoms with van der Waals surface area (Å²) in [5.41, 5.74) is 0. The summed E-state index contributed by atoms with van der Waals surface area (Å²) in [4.78, 5) is 0. The number of hydrogen-bond acceptors (Lipinski definition) is 3. The summed E-state index contributed by atoms with van der Waals surface area (Å²) in [5, 5.41) is 1.36. The van der Waals surface area contributed by atoms with E-state index in [1.54, 1.807) is 0 Å². The van der Waals surface area contributed by atoms with E-state index in [0.29, 0.717) is 0 Å². The first-order valence-electron chi connectivity index (χ1n) is 7.97. The fourth-order valence-electron chi connectivity index (χ4n) is 2.67. The molecule has 0 amide bonds. The van der Waals surface area contributed by atoms with Crippen LogP contribution >= 0.6 is 0 Å². The topological polar surface area (TPSA) is 27.7 Å². The van der Waals surface area contributed by atoms with Gasteiger partial charge in [-0.15, -0.1) is 0 Å². The Bertz CT molecular complexity index is 394. The van der Waals surface area contributed by atoms with Gasteiger partial charge in [0, 0.05) is 19.8 Å². The first-order chi connectivity index (χ1) is 9.99. The van der Waals surface area contributed by atoms with Crippen molar-refractivity contribution < 1.29 is 13.3 Å². The first kappa shape index (κ1) is 18.6. The summed E-state index contributed by atoms with van der Waals surface area (Å²) in [7, 11) is -3.99. The molecule has 1 unspecified atom stereocenters. The van der Waals surface area contributed by atoms with Gasteiger partial charge in [-0.1, -0.05) is 30.3 Å². The molecular formula is C16H30O3Si2. The highest BCUT2D eigenvalue weighted by Gasteiger charge is 2.38. The van der Waals surface area contributed by atoms with Crippen molar-refractivity contribution in [2.45, 2.75) is 46.0 Å². The Morgan fingerprint density at radius 2 is 1.29 bits per heavy atom. The van der Waals surface area contributed by atoms with Gasteiger partial charge in [-0.25, -0.2) is 0 Å². The van der Waals surface area contributed by atoms with E-state index in [4.69, 9.17) is 13.3 Å². The van der Waals surface area contributed by atoms with Gasteiger partial charge in [0.1, 0.15) is 0 Å². The lowest BCUT2D eigenvalue weighted by Gasteiger charge is -2.32. The minimum atomic E-state index is -2.07. The maximum atomic E-state index is 6.22. The van der Waals surface area contributed by atoms with Crippen molar-refractivity contribution in [3.05, 3.63) is 30.3 Å². The zero-order valence-corrected chi connectivity index (χ0v) is 16.1. The monoisotopic (exact) mass is 326 g/mol. The van der Waals surface area contributed by atoms with Gasteiger partial charge >= 0.3 is 8.56 Å². The zero-order chi connectivity index (χ0) is 15.8. The lowest BCUT2D eigenvalue weighted by atomic mass is 10.4. The molecule has 0 heterocycles. The van der Waals surface area contributed by atoms with E-state index < -0.39 is 16.9 Å². The highest BCUT2D eigenvalue weighted by molar-refractivity contribution is 6.86. The van der Waals surface area contributed by atoms with Crippen LogP contribution in [-0.4, -0.2) is 36.7 Å². The molecule has 0 saturated heterocycles. The molecule has 0 aliphatic rings. The van der Waals surface area contributed by atoms with Gasteiger partial charge in [0.05, 0.1) is 0 Å². The van der Waals surface area contributed by atoms with Crippen LogP contribution in [-0.2, 0) is 13.3 Å². The van der Waals surface area contributed by atoms with Crippen LogP contribution in [0.1, 0.15) is 20.8 Å². The second kappa shape index (κ2) is 8.85. The van der Waals surface area contributed by atoms with Crippen molar-refractivity contribution in [3.8, 4) is 0 Å². The molecule has 0 aromatic heterocycles. The zero-order valence-electron chi connectivity index (χ0n) is 14.1. The number of hydrogen-bond donors (Lipinski definition) is 0. The predicted octanol–water partition coefficient (Wildman–Crippen LogP) is 3.65. The molecule has 0 aliphatic carbocycles. The molecule has 21 heavy (non-hydrogen) atoms. The second-order valence-electron chi connectivity index (χ2n) is 5.53. The molecule has 0 N–H and O–H groups in total. The Morgan fingerprint density at radius 1 is 0.762 bits per heavy atom. The summed E-state index contributed by atoms with van der Waals surface area (Å²) in [6.45, 7) is 12.8. The van der Waals surface area contributed by atoms with Crippen LogP contribution in [0.3, 0.4) is 0 Å². The molecule has 0 spiro atoms. The molecule has 3 nitrogen and oxygen atoms in total. The van der Waals surface area contributed by atoms with E-state index >= 15 is 0 Å². The minimum absolute atomic E-state index is 0.723. The van der Waals surface area contributed by atoms with Crippen molar-refractivity contribution in [1.82, 2.24) is 0 Å². The van der Waals surface area contributed by atoms with E-state index in [9.17, 15) is 0 Å². The SMILES string of the molecule is CCO[Si](C)(CC[Si](C)(OCC)c1ccccc1)OCC. The normalized spacial score (nSPS) is 14.9.